The van der Waals surface area contributed by atoms with Gasteiger partial charge in [0.25, 0.3) is 0 Å². The maximum absolute atomic E-state index is 11.8. The molecule has 3 aromatic heterocycles. The molecule has 12 rings (SSSR count). The third kappa shape index (κ3) is 27.5. The van der Waals surface area contributed by atoms with Crippen LogP contribution in [-0.2, 0) is 80.1 Å². The molecular weight excluding hydrogens is 1940 g/mol. The fourth-order valence-corrected chi connectivity index (χ4v) is 12.8. The monoisotopic (exact) mass is 2060 g/mol. The Bertz CT molecular complexity index is 5270. The van der Waals surface area contributed by atoms with E-state index < -0.39 is 0 Å². The summed E-state index contributed by atoms with van der Waals surface area (Å²) in [6.07, 6.45) is 13.4. The van der Waals surface area contributed by atoms with Crippen molar-refractivity contribution in [1.82, 2.24) is 15.0 Å². The predicted molar refractivity (Wildman–Crippen MR) is 470 cm³/mol. The number of fused-ring (bicyclic) bond motifs is 7. The van der Waals surface area contributed by atoms with Crippen LogP contribution in [0.25, 0.3) is 98.8 Å². The van der Waals surface area contributed by atoms with E-state index in [1.165, 1.54) is 111 Å². The zero-order valence-corrected chi connectivity index (χ0v) is 78.2. The first-order valence-electron chi connectivity index (χ1n) is 39.4. The second-order valence-corrected chi connectivity index (χ2v) is 32.6. The number of hydrogen-bond acceptors (Lipinski definition) is 9. The Balaban J connectivity index is 0.000000298. The van der Waals surface area contributed by atoms with E-state index >= 15 is 0 Å². The zero-order chi connectivity index (χ0) is 81.7. The molecule has 3 N–H and O–H groups in total. The number of nitrogens with zero attached hydrogens (tertiary/aromatic N) is 3. The fraction of sp³-hybridized carbons (Fsp3) is 0.333. The minimum Gasteiger partial charge on any atom is -0.512 e. The molecule has 3 radical (unpaired) electrons. The number of ketones is 3. The molecule has 0 fully saturated rings. The van der Waals surface area contributed by atoms with Crippen molar-refractivity contribution in [3.8, 4) is 44.9 Å². The smallest absolute Gasteiger partial charge is 0.164 e. The summed E-state index contributed by atoms with van der Waals surface area (Å²) in [5.41, 5.74) is 16.9. The molecule has 0 unspecified atom stereocenters. The van der Waals surface area contributed by atoms with Crippen molar-refractivity contribution in [2.24, 2.45) is 22.7 Å². The number of rotatable bonds is 18. The molecule has 12 aromatic rings. The van der Waals surface area contributed by atoms with Gasteiger partial charge in [-0.05, 0) is 154 Å². The third-order valence-corrected chi connectivity index (χ3v) is 20.1. The number of allylic oxidation sites excluding steroid dienone is 6. The predicted octanol–water partition coefficient (Wildman–Crippen LogP) is 27.8. The molecule has 0 saturated carbocycles. The Morgan fingerprint density at radius 1 is 0.447 bits per heavy atom. The van der Waals surface area contributed by atoms with Crippen LogP contribution in [0.1, 0.15) is 201 Å². The molecular formula is C102H118Ir3N3O6-3. The maximum Gasteiger partial charge on any atom is 0.164 e. The molecule has 0 aliphatic rings. The summed E-state index contributed by atoms with van der Waals surface area (Å²) >= 11 is 0. The van der Waals surface area contributed by atoms with Crippen LogP contribution in [0, 0.1) is 75.5 Å². The Hall–Kier alpha value is -8.69. The summed E-state index contributed by atoms with van der Waals surface area (Å²) in [6, 6.07) is 70.7. The van der Waals surface area contributed by atoms with E-state index in [2.05, 4.69) is 261 Å². The maximum atomic E-state index is 11.8. The van der Waals surface area contributed by atoms with Crippen molar-refractivity contribution >= 4 is 71.2 Å². The van der Waals surface area contributed by atoms with Gasteiger partial charge in [0.2, 0.25) is 0 Å². The van der Waals surface area contributed by atoms with Crippen molar-refractivity contribution in [1.29, 1.82) is 0 Å². The average molecular weight is 2060 g/mol. The summed E-state index contributed by atoms with van der Waals surface area (Å²) in [4.78, 5) is 47.7. The molecule has 9 nitrogen and oxygen atoms in total. The number of hydrogen-bond donors (Lipinski definition) is 3. The topological polar surface area (TPSA) is 151 Å². The van der Waals surface area contributed by atoms with Crippen molar-refractivity contribution in [3.63, 3.8) is 0 Å². The van der Waals surface area contributed by atoms with Crippen LogP contribution < -0.4 is 0 Å². The van der Waals surface area contributed by atoms with Gasteiger partial charge in [0.1, 0.15) is 5.76 Å². The summed E-state index contributed by atoms with van der Waals surface area (Å²) in [5, 5.41) is 40.3. The summed E-state index contributed by atoms with van der Waals surface area (Å²) < 4.78 is 0. The van der Waals surface area contributed by atoms with Gasteiger partial charge in [-0.1, -0.05) is 255 Å². The van der Waals surface area contributed by atoms with Crippen LogP contribution in [-0.4, -0.2) is 47.6 Å². The van der Waals surface area contributed by atoms with Gasteiger partial charge < -0.3 is 30.3 Å². The largest absolute Gasteiger partial charge is 0.512 e. The van der Waals surface area contributed by atoms with Gasteiger partial charge in [-0.3, -0.25) is 14.4 Å². The molecule has 0 aliphatic heterocycles. The molecule has 607 valence electrons. The van der Waals surface area contributed by atoms with Crippen molar-refractivity contribution in [2.45, 2.75) is 202 Å². The van der Waals surface area contributed by atoms with E-state index in [1.807, 2.05) is 93.9 Å². The van der Waals surface area contributed by atoms with E-state index in [0.717, 1.165) is 57.7 Å². The minimum absolute atomic E-state index is 0. The number of benzene rings is 9. The van der Waals surface area contributed by atoms with E-state index in [9.17, 15) is 24.6 Å². The molecule has 114 heavy (non-hydrogen) atoms. The number of aliphatic hydroxyl groups is 3. The normalized spacial score (nSPS) is 11.7. The quantitative estimate of drug-likeness (QED) is 0.0330. The summed E-state index contributed by atoms with van der Waals surface area (Å²) in [5.74, 6) is 1.84. The van der Waals surface area contributed by atoms with Crippen LogP contribution in [0.3, 0.4) is 0 Å². The number of pyridine rings is 3. The molecule has 12 heteroatoms. The van der Waals surface area contributed by atoms with Gasteiger partial charge in [-0.2, -0.15) is 0 Å². The van der Waals surface area contributed by atoms with Crippen LogP contribution in [0.2, 0.25) is 0 Å². The average Bonchev–Trinajstić information content (AvgIpc) is 0.754. The van der Waals surface area contributed by atoms with E-state index in [0.29, 0.717) is 43.4 Å². The molecule has 0 spiro atoms. The van der Waals surface area contributed by atoms with Crippen molar-refractivity contribution < 1.29 is 90.0 Å². The van der Waals surface area contributed by atoms with Gasteiger partial charge in [0.05, 0.1) is 11.5 Å². The first-order valence-corrected chi connectivity index (χ1v) is 39.4. The second kappa shape index (κ2) is 45.0. The van der Waals surface area contributed by atoms with Gasteiger partial charge in [-0.15, -0.1) is 105 Å². The Labute approximate surface area is 721 Å². The number of aryl methyl sites for hydroxylation is 5. The molecule has 0 saturated heterocycles. The van der Waals surface area contributed by atoms with Crippen molar-refractivity contribution in [3.05, 3.63) is 281 Å². The molecule has 0 atom stereocenters. The standard InChI is InChI=1S/C28H22N.C23H20N.C20H20N.C13H24O2.C11H20O2.C7H12O2.3Ir/c1-18-15-19(2)17-23(16-18)28-27-22(13-14-29-28)9-10-25-20(3)24(11-12-26(25)27)21-7-5-4-6-8-21;1-23(2,3)18-9-6-8-17(15-18)22-21-12-11-16-7-4-5-10-19(16)20(21)13-14-24-22;1-13(2)17-6-5-16-7-8-21-20(19(16)12-17)18-10-14(3)9-15(4)11-18;1-7-12(3,4)10(14)9-11(15)13(5,6)8-2;1-8(2)5-10(12)7-11(13)6-9(3)4;1-3-6(8)5-7(9)4-2;;;/h4-16H,1-3H3;4-7,9-15H,1-3H3;5-10,12-13H,1-4H3;9,14H,7-8H2,1-6H3;7-9,12H,5-6H2,1-4H3;5,8H,3-4H2,1-2H3;;;/q3*-1;;;;;;. The SMILES string of the molecule is CC(C)(C)c1cc[c-]c(-c2nccc3c2ccc2ccccc23)c1.CC(C)CC(=O)C=C(O)CC(C)C.CCC(=O)C=C(O)CC.CCC(C)(C)C(=O)C=C(O)C(C)(C)CC.Cc1[c-]c(-c2nccc3ccc(C(C)C)cc23)cc(C)c1.Cc1[c-]c(-c2nccc3ccc4c(C)c(-c5ccccc5)ccc4c23)cc(C)c1.[Ir].[Ir].[Ir]. The van der Waals surface area contributed by atoms with Crippen LogP contribution in [0.5, 0.6) is 0 Å². The molecule has 3 heterocycles. The van der Waals surface area contributed by atoms with Gasteiger partial charge in [-0.25, -0.2) is 0 Å². The molecule has 9 aromatic carbocycles. The first-order chi connectivity index (χ1) is 52.5. The summed E-state index contributed by atoms with van der Waals surface area (Å²) in [7, 11) is 0. The van der Waals surface area contributed by atoms with Gasteiger partial charge in [0, 0.05) is 134 Å². The van der Waals surface area contributed by atoms with Crippen LogP contribution >= 0.6 is 0 Å². The Morgan fingerprint density at radius 2 is 0.965 bits per heavy atom. The molecule has 0 amide bonds. The number of aliphatic hydroxyl groups excluding tert-OH is 3. The van der Waals surface area contributed by atoms with E-state index in [-0.39, 0.29) is 111 Å². The van der Waals surface area contributed by atoms with Gasteiger partial charge >= 0.3 is 0 Å². The number of carbonyl (C=O) groups is 3. The molecule has 0 bridgehead atoms. The number of aromatic nitrogens is 3. The second-order valence-electron chi connectivity index (χ2n) is 32.6. The van der Waals surface area contributed by atoms with Crippen molar-refractivity contribution in [2.75, 3.05) is 0 Å². The van der Waals surface area contributed by atoms with Gasteiger partial charge in [0.15, 0.2) is 17.3 Å². The Kier molecular flexibility index (Phi) is 38.5. The number of carbonyl (C=O) groups excluding carboxylic acids is 3. The van der Waals surface area contributed by atoms with E-state index in [4.69, 9.17) is 10.1 Å². The fourth-order valence-electron chi connectivity index (χ4n) is 12.8. The summed E-state index contributed by atoms with van der Waals surface area (Å²) in [6.45, 7) is 45.0. The van der Waals surface area contributed by atoms with Crippen LogP contribution in [0.4, 0.5) is 0 Å². The van der Waals surface area contributed by atoms with Crippen LogP contribution in [0.15, 0.2) is 224 Å². The first kappa shape index (κ1) is 97.7. The minimum atomic E-state index is -0.377. The molecule has 0 aliphatic carbocycles. The Morgan fingerprint density at radius 3 is 1.54 bits per heavy atom. The zero-order valence-electron chi connectivity index (χ0n) is 71.0. The third-order valence-electron chi connectivity index (χ3n) is 20.1. The van der Waals surface area contributed by atoms with E-state index in [1.54, 1.807) is 13.8 Å².